The molecule has 0 fully saturated rings. The lowest BCUT2D eigenvalue weighted by Gasteiger charge is -2.36. The van der Waals surface area contributed by atoms with Crippen LogP contribution in [0, 0.1) is 12.3 Å². The Bertz CT molecular complexity index is 715. The fraction of sp³-hybridized carbons (Fsp3) is 0.400. The second kappa shape index (κ2) is 7.46. The van der Waals surface area contributed by atoms with Crippen molar-refractivity contribution in [3.05, 3.63) is 47.4 Å². The molecule has 0 saturated heterocycles. The highest BCUT2D eigenvalue weighted by atomic mass is 16.5. The minimum Gasteiger partial charge on any atom is -0.493 e. The fourth-order valence-corrected chi connectivity index (χ4v) is 3.40. The third-order valence-corrected chi connectivity index (χ3v) is 4.55. The van der Waals surface area contributed by atoms with Crippen LogP contribution < -0.4 is 9.47 Å². The number of nitrogens with zero attached hydrogens (tertiary/aromatic N) is 1. The van der Waals surface area contributed by atoms with E-state index in [-0.39, 0.29) is 6.04 Å². The van der Waals surface area contributed by atoms with E-state index in [1.165, 1.54) is 11.1 Å². The zero-order valence-corrected chi connectivity index (χ0v) is 14.2. The van der Waals surface area contributed by atoms with Crippen molar-refractivity contribution >= 4 is 0 Å². The largest absolute Gasteiger partial charge is 0.493 e. The SMILES string of the molecule is C#CCCCN1CCc2cc(OC)c(OC)cc2C1c1ccco1. The molecule has 0 N–H and O–H groups in total. The number of terminal acetylenes is 1. The molecule has 2 aromatic rings. The summed E-state index contributed by atoms with van der Waals surface area (Å²) in [5, 5.41) is 0. The highest BCUT2D eigenvalue weighted by molar-refractivity contribution is 5.50. The summed E-state index contributed by atoms with van der Waals surface area (Å²) < 4.78 is 16.7. The van der Waals surface area contributed by atoms with Gasteiger partial charge in [-0.3, -0.25) is 4.90 Å². The lowest BCUT2D eigenvalue weighted by atomic mass is 9.90. The topological polar surface area (TPSA) is 34.8 Å². The molecule has 2 heterocycles. The molecule has 1 aromatic heterocycles. The Morgan fingerprint density at radius 2 is 2.08 bits per heavy atom. The van der Waals surface area contributed by atoms with Crippen molar-refractivity contribution in [3.8, 4) is 23.8 Å². The molecule has 0 saturated carbocycles. The van der Waals surface area contributed by atoms with Crippen LogP contribution in [-0.2, 0) is 6.42 Å². The average Bonchev–Trinajstić information content (AvgIpc) is 3.14. The number of hydrogen-bond donors (Lipinski definition) is 0. The number of benzene rings is 1. The summed E-state index contributed by atoms with van der Waals surface area (Å²) in [6.45, 7) is 1.92. The van der Waals surface area contributed by atoms with Gasteiger partial charge in [-0.15, -0.1) is 12.3 Å². The third kappa shape index (κ3) is 3.13. The van der Waals surface area contributed by atoms with E-state index in [0.717, 1.165) is 49.6 Å². The zero-order valence-electron chi connectivity index (χ0n) is 14.2. The van der Waals surface area contributed by atoms with Gasteiger partial charge >= 0.3 is 0 Å². The maximum absolute atomic E-state index is 5.74. The van der Waals surface area contributed by atoms with E-state index in [4.69, 9.17) is 20.3 Å². The summed E-state index contributed by atoms with van der Waals surface area (Å²) in [5.74, 6) is 5.19. The Morgan fingerprint density at radius 3 is 2.75 bits per heavy atom. The quantitative estimate of drug-likeness (QED) is 0.600. The lowest BCUT2D eigenvalue weighted by Crippen LogP contribution is -2.36. The van der Waals surface area contributed by atoms with Crippen LogP contribution in [0.2, 0.25) is 0 Å². The van der Waals surface area contributed by atoms with Gasteiger partial charge in [0.15, 0.2) is 11.5 Å². The maximum Gasteiger partial charge on any atom is 0.161 e. The van der Waals surface area contributed by atoms with Gasteiger partial charge in [-0.1, -0.05) is 0 Å². The average molecular weight is 325 g/mol. The first-order valence-corrected chi connectivity index (χ1v) is 8.24. The normalized spacial score (nSPS) is 17.1. The molecule has 0 radical (unpaired) electrons. The highest BCUT2D eigenvalue weighted by Gasteiger charge is 2.31. The van der Waals surface area contributed by atoms with Gasteiger partial charge in [-0.05, 0) is 48.2 Å². The molecule has 1 aromatic carbocycles. The van der Waals surface area contributed by atoms with Crippen LogP contribution in [0.15, 0.2) is 34.9 Å². The van der Waals surface area contributed by atoms with Crippen LogP contribution in [0.25, 0.3) is 0 Å². The first-order chi connectivity index (χ1) is 11.8. The van der Waals surface area contributed by atoms with Crippen molar-refractivity contribution in [3.63, 3.8) is 0 Å². The molecule has 126 valence electrons. The molecule has 4 nitrogen and oxygen atoms in total. The number of fused-ring (bicyclic) bond motifs is 1. The number of rotatable bonds is 6. The Labute approximate surface area is 143 Å². The van der Waals surface area contributed by atoms with Crippen molar-refractivity contribution in [2.24, 2.45) is 0 Å². The molecule has 1 aliphatic rings. The van der Waals surface area contributed by atoms with Gasteiger partial charge in [-0.25, -0.2) is 0 Å². The molecule has 0 spiro atoms. The van der Waals surface area contributed by atoms with Crippen molar-refractivity contribution in [2.75, 3.05) is 27.3 Å². The molecule has 1 aliphatic heterocycles. The van der Waals surface area contributed by atoms with E-state index < -0.39 is 0 Å². The Morgan fingerprint density at radius 1 is 1.29 bits per heavy atom. The number of hydrogen-bond acceptors (Lipinski definition) is 4. The van der Waals surface area contributed by atoms with Crippen molar-refractivity contribution in [1.29, 1.82) is 0 Å². The van der Waals surface area contributed by atoms with Gasteiger partial charge in [-0.2, -0.15) is 0 Å². The van der Waals surface area contributed by atoms with Gasteiger partial charge in [0.2, 0.25) is 0 Å². The minimum atomic E-state index is 0.0846. The minimum absolute atomic E-state index is 0.0846. The molecule has 4 heteroatoms. The van der Waals surface area contributed by atoms with E-state index in [1.54, 1.807) is 20.5 Å². The van der Waals surface area contributed by atoms with Crippen molar-refractivity contribution < 1.29 is 13.9 Å². The Balaban J connectivity index is 2.00. The lowest BCUT2D eigenvalue weighted by molar-refractivity contribution is 0.189. The van der Waals surface area contributed by atoms with E-state index in [1.807, 2.05) is 12.1 Å². The predicted octanol–water partition coefficient (Wildman–Crippen LogP) is 3.66. The molecule has 1 atom stereocenters. The molecule has 0 amide bonds. The summed E-state index contributed by atoms with van der Waals surface area (Å²) in [6, 6.07) is 8.22. The van der Waals surface area contributed by atoms with Gasteiger partial charge in [0.25, 0.3) is 0 Å². The number of methoxy groups -OCH3 is 2. The van der Waals surface area contributed by atoms with Crippen LogP contribution in [0.1, 0.15) is 35.8 Å². The van der Waals surface area contributed by atoms with E-state index >= 15 is 0 Å². The summed E-state index contributed by atoms with van der Waals surface area (Å²) in [4.78, 5) is 2.43. The van der Waals surface area contributed by atoms with Crippen molar-refractivity contribution in [1.82, 2.24) is 4.90 Å². The van der Waals surface area contributed by atoms with Gasteiger partial charge < -0.3 is 13.9 Å². The van der Waals surface area contributed by atoms with E-state index in [2.05, 4.69) is 23.0 Å². The van der Waals surface area contributed by atoms with Gasteiger partial charge in [0, 0.05) is 19.5 Å². The summed E-state index contributed by atoms with van der Waals surface area (Å²) >= 11 is 0. The van der Waals surface area contributed by atoms with Crippen LogP contribution in [-0.4, -0.2) is 32.2 Å². The van der Waals surface area contributed by atoms with Crippen LogP contribution in [0.5, 0.6) is 11.5 Å². The summed E-state index contributed by atoms with van der Waals surface area (Å²) in [6.07, 6.45) is 9.88. The molecular weight excluding hydrogens is 302 g/mol. The molecule has 0 bridgehead atoms. The number of furan rings is 1. The van der Waals surface area contributed by atoms with E-state index in [0.29, 0.717) is 0 Å². The number of unbranched alkanes of at least 4 members (excludes halogenated alkanes) is 1. The smallest absolute Gasteiger partial charge is 0.161 e. The summed E-state index contributed by atoms with van der Waals surface area (Å²) in [5.41, 5.74) is 2.50. The molecular formula is C20H23NO3. The fourth-order valence-electron chi connectivity index (χ4n) is 3.40. The number of ether oxygens (including phenoxy) is 2. The zero-order chi connectivity index (χ0) is 16.9. The monoisotopic (exact) mass is 325 g/mol. The van der Waals surface area contributed by atoms with E-state index in [9.17, 15) is 0 Å². The first-order valence-electron chi connectivity index (χ1n) is 8.24. The van der Waals surface area contributed by atoms with Crippen LogP contribution >= 0.6 is 0 Å². The van der Waals surface area contributed by atoms with Crippen LogP contribution in [0.3, 0.4) is 0 Å². The van der Waals surface area contributed by atoms with Gasteiger partial charge in [0.1, 0.15) is 5.76 Å². The second-order valence-electron chi connectivity index (χ2n) is 5.92. The van der Waals surface area contributed by atoms with Gasteiger partial charge in [0.05, 0.1) is 26.5 Å². The van der Waals surface area contributed by atoms with Crippen molar-refractivity contribution in [2.45, 2.75) is 25.3 Å². The first kappa shape index (κ1) is 16.5. The highest BCUT2D eigenvalue weighted by Crippen LogP contribution is 2.41. The molecule has 3 rings (SSSR count). The maximum atomic E-state index is 5.74. The molecule has 24 heavy (non-hydrogen) atoms. The standard InChI is InChI=1S/C20H23NO3/c1-4-5-6-10-21-11-9-15-13-18(22-2)19(23-3)14-16(15)20(21)17-8-7-12-24-17/h1,7-8,12-14,20H,5-6,9-11H2,2-3H3. The summed E-state index contributed by atoms with van der Waals surface area (Å²) in [7, 11) is 3.34. The predicted molar refractivity (Wildman–Crippen MR) is 93.4 cm³/mol. The molecule has 0 aliphatic carbocycles. The third-order valence-electron chi connectivity index (χ3n) is 4.55. The second-order valence-corrected chi connectivity index (χ2v) is 5.92. The molecule has 1 unspecified atom stereocenters. The Kier molecular flexibility index (Phi) is 5.12. The Hall–Kier alpha value is -2.38. The van der Waals surface area contributed by atoms with Crippen LogP contribution in [0.4, 0.5) is 0 Å².